The average Bonchev–Trinajstić information content (AvgIpc) is 2.68. The molecule has 0 amide bonds. The van der Waals surface area contributed by atoms with E-state index in [-0.39, 0.29) is 0 Å². The number of hydrogen-bond acceptors (Lipinski definition) is 0. The molecule has 0 bridgehead atoms. The molecule has 134 valence electrons. The molecule has 1 rings (SSSR count). The van der Waals surface area contributed by atoms with Gasteiger partial charge in [-0.05, 0) is 0 Å². The van der Waals surface area contributed by atoms with Gasteiger partial charge in [-0.3, -0.25) is 0 Å². The Morgan fingerprint density at radius 3 is 1.35 bits per heavy atom. The van der Waals surface area contributed by atoms with Crippen LogP contribution in [0.1, 0.15) is 93.9 Å². The Kier molecular flexibility index (Phi) is 8.52. The molecule has 1 heteroatoms. The van der Waals surface area contributed by atoms with Crippen molar-refractivity contribution in [3.8, 4) is 0 Å². The normalized spacial score (nSPS) is 18.3. The molecule has 0 unspecified atom stereocenters. The first-order valence-electron chi connectivity index (χ1n) is 10.2. The Bertz CT molecular complexity index is 429. The summed E-state index contributed by atoms with van der Waals surface area (Å²) in [6, 6.07) is 0. The predicted molar refractivity (Wildman–Crippen MR) is 104 cm³/mol. The molecule has 0 aliphatic heterocycles. The van der Waals surface area contributed by atoms with Crippen LogP contribution < -0.4 is 0 Å². The Balaban J connectivity index is 3.36. The van der Waals surface area contributed by atoms with Crippen molar-refractivity contribution in [3.05, 3.63) is 20.0 Å². The zero-order valence-electron chi connectivity index (χ0n) is 17.4. The number of unbranched alkanes of at least 4 members (excludes halogenated alkanes) is 3. The van der Waals surface area contributed by atoms with Crippen LogP contribution >= 0.6 is 0 Å². The van der Waals surface area contributed by atoms with Crippen molar-refractivity contribution in [2.45, 2.75) is 106 Å². The summed E-state index contributed by atoms with van der Waals surface area (Å²) in [4.78, 5) is 0. The fraction of sp³-hybridized carbons (Fsp3) is 0.818. The summed E-state index contributed by atoms with van der Waals surface area (Å²) in [5.41, 5.74) is 5.36. The maximum absolute atomic E-state index is 2.54. The minimum atomic E-state index is -2.45. The third kappa shape index (κ3) is 4.50. The molecule has 1 aliphatic carbocycles. The van der Waals surface area contributed by atoms with Crippen LogP contribution in [-0.4, -0.2) is 0 Å². The summed E-state index contributed by atoms with van der Waals surface area (Å²) in [6.07, 6.45) is 8.54. The molecule has 0 aromatic carbocycles. The summed E-state index contributed by atoms with van der Waals surface area (Å²) in [7, 11) is 0. The van der Waals surface area contributed by atoms with Crippen LogP contribution in [0.25, 0.3) is 0 Å². The third-order valence-electron chi connectivity index (χ3n) is 6.62. The second-order valence-corrected chi connectivity index (χ2v) is 24.9. The van der Waals surface area contributed by atoms with Crippen molar-refractivity contribution < 1.29 is 20.0 Å². The second kappa shape index (κ2) is 9.16. The zero-order chi connectivity index (χ0) is 17.7. The fourth-order valence-electron chi connectivity index (χ4n) is 4.95. The molecule has 0 heterocycles. The average molecular weight is 485 g/mol. The van der Waals surface area contributed by atoms with Crippen LogP contribution in [0.15, 0.2) is 20.0 Å². The van der Waals surface area contributed by atoms with E-state index in [1.54, 1.807) is 29.3 Å². The first-order chi connectivity index (χ1) is 10.8. The van der Waals surface area contributed by atoms with E-state index in [0.29, 0.717) is 5.41 Å². The Labute approximate surface area is 151 Å². The molecule has 0 fully saturated rings. The molecule has 0 nitrogen and oxygen atoms in total. The van der Waals surface area contributed by atoms with E-state index in [1.807, 2.05) is 3.33 Å². The van der Waals surface area contributed by atoms with Gasteiger partial charge in [0.2, 0.25) is 0 Å². The van der Waals surface area contributed by atoms with Crippen molar-refractivity contribution in [3.63, 3.8) is 0 Å². The molecule has 23 heavy (non-hydrogen) atoms. The van der Waals surface area contributed by atoms with Gasteiger partial charge >= 0.3 is 152 Å². The van der Waals surface area contributed by atoms with E-state index < -0.39 is 20.0 Å². The first kappa shape index (κ1) is 21.4. The molecule has 1 aliphatic rings. The molecule has 0 aromatic heterocycles. The van der Waals surface area contributed by atoms with Crippen molar-refractivity contribution in [1.82, 2.24) is 0 Å². The van der Waals surface area contributed by atoms with E-state index in [1.165, 1.54) is 38.5 Å². The van der Waals surface area contributed by atoms with Crippen LogP contribution in [0.2, 0.25) is 12.5 Å². The van der Waals surface area contributed by atoms with E-state index in [4.69, 9.17) is 0 Å². The van der Waals surface area contributed by atoms with Crippen molar-refractivity contribution in [2.75, 3.05) is 0 Å². The van der Waals surface area contributed by atoms with E-state index >= 15 is 0 Å². The molecule has 0 radical (unpaired) electrons. The van der Waals surface area contributed by atoms with Crippen molar-refractivity contribution >= 4 is 0 Å². The minimum absolute atomic E-state index is 0.352. The number of hydrogen-bond donors (Lipinski definition) is 0. The molecule has 0 atom stereocenters. The van der Waals surface area contributed by atoms with Crippen LogP contribution in [-0.2, 0) is 20.0 Å². The maximum atomic E-state index is 2.54. The Morgan fingerprint density at radius 2 is 1.09 bits per heavy atom. The molecule has 0 aromatic rings. The van der Waals surface area contributed by atoms with Gasteiger partial charge in [0.05, 0.1) is 0 Å². The fourth-order valence-corrected chi connectivity index (χ4v) is 30.4. The second-order valence-electron chi connectivity index (χ2n) is 8.47. The number of rotatable bonds is 10. The molecular weight excluding hydrogens is 443 g/mol. The quantitative estimate of drug-likeness (QED) is 0.273. The van der Waals surface area contributed by atoms with E-state index in [0.717, 1.165) is 0 Å². The van der Waals surface area contributed by atoms with Gasteiger partial charge in [-0.25, -0.2) is 0 Å². The third-order valence-corrected chi connectivity index (χ3v) is 28.1. The van der Waals surface area contributed by atoms with Crippen LogP contribution in [0.3, 0.4) is 0 Å². The van der Waals surface area contributed by atoms with Gasteiger partial charge in [0.1, 0.15) is 0 Å². The molecule has 0 N–H and O–H groups in total. The van der Waals surface area contributed by atoms with Crippen LogP contribution in [0.4, 0.5) is 0 Å². The van der Waals surface area contributed by atoms with Gasteiger partial charge in [-0.1, -0.05) is 0 Å². The van der Waals surface area contributed by atoms with Gasteiger partial charge in [0, 0.05) is 0 Å². The summed E-state index contributed by atoms with van der Waals surface area (Å²) in [6.45, 7) is 19.5. The molecule has 0 spiro atoms. The Morgan fingerprint density at radius 1 is 0.696 bits per heavy atom. The van der Waals surface area contributed by atoms with Crippen LogP contribution in [0, 0.1) is 5.41 Å². The zero-order valence-corrected chi connectivity index (χ0v) is 21.0. The number of allylic oxidation sites excluding steroid dienone is 4. The monoisotopic (exact) mass is 486 g/mol. The van der Waals surface area contributed by atoms with Gasteiger partial charge in [-0.2, -0.15) is 0 Å². The SMILES string of the molecule is CCC[CH2][Hf]([CH2]CCC)([CH2]CCC)[C]1=C(C)C(C)=C(C)C1(C)C. The first-order valence-corrected chi connectivity index (χ1v) is 19.6. The molecule has 0 saturated heterocycles. The van der Waals surface area contributed by atoms with Gasteiger partial charge in [0.15, 0.2) is 0 Å². The topological polar surface area (TPSA) is 0 Å². The molecular formula is C22H42Hf. The molecule has 0 saturated carbocycles. The van der Waals surface area contributed by atoms with Gasteiger partial charge < -0.3 is 0 Å². The van der Waals surface area contributed by atoms with E-state index in [2.05, 4.69) is 55.4 Å². The van der Waals surface area contributed by atoms with Gasteiger partial charge in [-0.15, -0.1) is 0 Å². The summed E-state index contributed by atoms with van der Waals surface area (Å²) in [5.74, 6) is 0. The summed E-state index contributed by atoms with van der Waals surface area (Å²) >= 11 is -2.45. The summed E-state index contributed by atoms with van der Waals surface area (Å²) < 4.78 is 6.86. The predicted octanol–water partition coefficient (Wildman–Crippen LogP) is 8.45. The summed E-state index contributed by atoms with van der Waals surface area (Å²) in [5, 5.41) is 0. The Hall–Kier alpha value is 0.350. The van der Waals surface area contributed by atoms with E-state index in [9.17, 15) is 0 Å². The van der Waals surface area contributed by atoms with Crippen molar-refractivity contribution in [1.29, 1.82) is 0 Å². The standard InChI is InChI=1S/C10H15.3C4H9.Hf/c1-7-6-10(4,5)9(3)8(7)2;3*1-3-4-2;/h1-5H3;3*1,3-4H2,2H3;. The van der Waals surface area contributed by atoms with Crippen LogP contribution in [0.5, 0.6) is 0 Å². The van der Waals surface area contributed by atoms with Crippen molar-refractivity contribution in [2.24, 2.45) is 5.41 Å². The van der Waals surface area contributed by atoms with Gasteiger partial charge in [0.25, 0.3) is 0 Å².